The van der Waals surface area contributed by atoms with E-state index in [2.05, 4.69) is 24.9 Å². The predicted molar refractivity (Wildman–Crippen MR) is 61.8 cm³/mol. The second-order valence-electron chi connectivity index (χ2n) is 4.11. The highest BCUT2D eigenvalue weighted by Gasteiger charge is 2.02. The Balaban J connectivity index is 2.57. The number of nitrogens with zero attached hydrogens (tertiary/aromatic N) is 1. The van der Waals surface area contributed by atoms with Gasteiger partial charge in [0.05, 0.1) is 12.1 Å². The third-order valence-corrected chi connectivity index (χ3v) is 2.62. The minimum absolute atomic E-state index is 0.0852. The highest BCUT2D eigenvalue weighted by atomic mass is 16.3. The Kier molecular flexibility index (Phi) is 2.69. The number of hydrogen-bond acceptors (Lipinski definition) is 2. The van der Waals surface area contributed by atoms with Crippen LogP contribution in [-0.2, 0) is 6.61 Å². The Morgan fingerprint density at radius 1 is 1.27 bits per heavy atom. The van der Waals surface area contributed by atoms with Crippen LogP contribution in [0.15, 0.2) is 30.5 Å². The van der Waals surface area contributed by atoms with Crippen LogP contribution in [-0.4, -0.2) is 10.1 Å². The van der Waals surface area contributed by atoms with Crippen molar-refractivity contribution in [3.8, 4) is 0 Å². The first-order chi connectivity index (χ1) is 7.20. The van der Waals surface area contributed by atoms with Crippen molar-refractivity contribution in [3.05, 3.63) is 41.6 Å². The van der Waals surface area contributed by atoms with Crippen molar-refractivity contribution in [2.45, 2.75) is 26.4 Å². The first-order valence-electron chi connectivity index (χ1n) is 5.20. The summed E-state index contributed by atoms with van der Waals surface area (Å²) in [6.45, 7) is 4.39. The molecular weight excluding hydrogens is 186 g/mol. The third kappa shape index (κ3) is 2.00. The van der Waals surface area contributed by atoms with E-state index in [0.717, 1.165) is 16.5 Å². The molecule has 78 valence electrons. The molecule has 0 bridgehead atoms. The van der Waals surface area contributed by atoms with E-state index in [1.165, 1.54) is 5.56 Å². The molecule has 1 aromatic carbocycles. The summed E-state index contributed by atoms with van der Waals surface area (Å²) < 4.78 is 0. The quantitative estimate of drug-likeness (QED) is 0.810. The predicted octanol–water partition coefficient (Wildman–Crippen LogP) is 2.85. The maximum atomic E-state index is 9.06. The number of pyridine rings is 1. The van der Waals surface area contributed by atoms with Gasteiger partial charge in [-0.2, -0.15) is 0 Å². The van der Waals surface area contributed by atoms with E-state index >= 15 is 0 Å². The molecule has 0 aliphatic heterocycles. The van der Waals surface area contributed by atoms with Gasteiger partial charge in [-0.05, 0) is 35.2 Å². The average Bonchev–Trinajstić information content (AvgIpc) is 2.27. The van der Waals surface area contributed by atoms with Crippen LogP contribution in [0.2, 0.25) is 0 Å². The molecule has 2 nitrogen and oxygen atoms in total. The van der Waals surface area contributed by atoms with Gasteiger partial charge in [-0.15, -0.1) is 0 Å². The Labute approximate surface area is 89.6 Å². The summed E-state index contributed by atoms with van der Waals surface area (Å²) in [5, 5.41) is 10.2. The van der Waals surface area contributed by atoms with Crippen molar-refractivity contribution < 1.29 is 5.11 Å². The van der Waals surface area contributed by atoms with Gasteiger partial charge in [0, 0.05) is 11.6 Å². The molecule has 0 radical (unpaired) electrons. The normalized spacial score (nSPS) is 11.2. The molecule has 1 N–H and O–H groups in total. The van der Waals surface area contributed by atoms with E-state index in [1.54, 1.807) is 0 Å². The van der Waals surface area contributed by atoms with Crippen molar-refractivity contribution >= 4 is 10.9 Å². The van der Waals surface area contributed by atoms with Crippen LogP contribution in [0.1, 0.15) is 30.9 Å². The number of benzene rings is 1. The fourth-order valence-electron chi connectivity index (χ4n) is 1.61. The summed E-state index contributed by atoms with van der Waals surface area (Å²) in [6.07, 6.45) is 1.92. The molecule has 0 fully saturated rings. The van der Waals surface area contributed by atoms with Crippen LogP contribution < -0.4 is 0 Å². The Morgan fingerprint density at radius 3 is 2.73 bits per heavy atom. The smallest absolute Gasteiger partial charge is 0.0702 e. The fraction of sp³-hybridized carbons (Fsp3) is 0.308. The van der Waals surface area contributed by atoms with Crippen LogP contribution in [0.5, 0.6) is 0 Å². The molecule has 2 heteroatoms. The van der Waals surface area contributed by atoms with E-state index in [1.807, 2.05) is 24.4 Å². The van der Waals surface area contributed by atoms with Gasteiger partial charge < -0.3 is 5.11 Å². The number of aliphatic hydroxyl groups excluding tert-OH is 1. The minimum atomic E-state index is 0.0852. The summed E-state index contributed by atoms with van der Waals surface area (Å²) >= 11 is 0. The highest BCUT2D eigenvalue weighted by molar-refractivity contribution is 5.79. The second-order valence-corrected chi connectivity index (χ2v) is 4.11. The first-order valence-corrected chi connectivity index (χ1v) is 5.20. The van der Waals surface area contributed by atoms with Gasteiger partial charge in [-0.3, -0.25) is 4.98 Å². The zero-order valence-corrected chi connectivity index (χ0v) is 9.07. The SMILES string of the molecule is CC(C)c1cnc2ccc(CO)cc2c1. The third-order valence-electron chi connectivity index (χ3n) is 2.62. The molecule has 0 atom stereocenters. The molecule has 2 aromatic rings. The van der Waals surface area contributed by atoms with E-state index in [4.69, 9.17) is 5.11 Å². The van der Waals surface area contributed by atoms with Crippen LogP contribution in [0, 0.1) is 0 Å². The molecule has 0 aliphatic carbocycles. The van der Waals surface area contributed by atoms with Crippen molar-refractivity contribution in [1.29, 1.82) is 0 Å². The first kappa shape index (κ1) is 10.1. The summed E-state index contributed by atoms with van der Waals surface area (Å²) in [6, 6.07) is 8.00. The highest BCUT2D eigenvalue weighted by Crippen LogP contribution is 2.20. The molecule has 0 amide bonds. The lowest BCUT2D eigenvalue weighted by Crippen LogP contribution is -1.90. The standard InChI is InChI=1S/C13H15NO/c1-9(2)12-6-11-5-10(8-15)3-4-13(11)14-7-12/h3-7,9,15H,8H2,1-2H3. The topological polar surface area (TPSA) is 33.1 Å². The van der Waals surface area contributed by atoms with Gasteiger partial charge in [0.15, 0.2) is 0 Å². The van der Waals surface area contributed by atoms with Gasteiger partial charge in [-0.25, -0.2) is 0 Å². The molecule has 0 aliphatic rings. The molecule has 1 aromatic heterocycles. The largest absolute Gasteiger partial charge is 0.392 e. The molecule has 0 saturated heterocycles. The Morgan fingerprint density at radius 2 is 2.07 bits per heavy atom. The number of rotatable bonds is 2. The molecule has 2 rings (SSSR count). The molecular formula is C13H15NO. The lowest BCUT2D eigenvalue weighted by Gasteiger charge is -2.06. The van der Waals surface area contributed by atoms with Crippen molar-refractivity contribution in [2.75, 3.05) is 0 Å². The number of aromatic nitrogens is 1. The molecule has 15 heavy (non-hydrogen) atoms. The van der Waals surface area contributed by atoms with Gasteiger partial charge in [0.1, 0.15) is 0 Å². The van der Waals surface area contributed by atoms with Gasteiger partial charge in [-0.1, -0.05) is 19.9 Å². The van der Waals surface area contributed by atoms with Gasteiger partial charge in [0.2, 0.25) is 0 Å². The summed E-state index contributed by atoms with van der Waals surface area (Å²) in [4.78, 5) is 4.40. The molecule has 1 heterocycles. The van der Waals surface area contributed by atoms with Gasteiger partial charge in [0.25, 0.3) is 0 Å². The Hall–Kier alpha value is -1.41. The van der Waals surface area contributed by atoms with Crippen molar-refractivity contribution in [1.82, 2.24) is 4.98 Å². The van der Waals surface area contributed by atoms with Crippen LogP contribution in [0.3, 0.4) is 0 Å². The van der Waals surface area contributed by atoms with Gasteiger partial charge >= 0.3 is 0 Å². The Bertz CT molecular complexity index is 477. The lowest BCUT2D eigenvalue weighted by molar-refractivity contribution is 0.282. The average molecular weight is 201 g/mol. The lowest BCUT2D eigenvalue weighted by atomic mass is 10.0. The van der Waals surface area contributed by atoms with Crippen LogP contribution in [0.25, 0.3) is 10.9 Å². The minimum Gasteiger partial charge on any atom is -0.392 e. The van der Waals surface area contributed by atoms with Crippen LogP contribution in [0.4, 0.5) is 0 Å². The number of aliphatic hydroxyl groups is 1. The summed E-state index contributed by atoms with van der Waals surface area (Å²) in [5.74, 6) is 0.486. The van der Waals surface area contributed by atoms with E-state index in [-0.39, 0.29) is 6.61 Å². The number of fused-ring (bicyclic) bond motifs is 1. The molecule has 0 spiro atoms. The van der Waals surface area contributed by atoms with E-state index < -0.39 is 0 Å². The molecule has 0 saturated carbocycles. The van der Waals surface area contributed by atoms with E-state index in [9.17, 15) is 0 Å². The maximum absolute atomic E-state index is 9.06. The van der Waals surface area contributed by atoms with E-state index in [0.29, 0.717) is 5.92 Å². The van der Waals surface area contributed by atoms with Crippen LogP contribution >= 0.6 is 0 Å². The fourth-order valence-corrected chi connectivity index (χ4v) is 1.61. The van der Waals surface area contributed by atoms with Crippen molar-refractivity contribution in [3.63, 3.8) is 0 Å². The summed E-state index contributed by atoms with van der Waals surface area (Å²) in [7, 11) is 0. The maximum Gasteiger partial charge on any atom is 0.0702 e. The monoisotopic (exact) mass is 201 g/mol. The molecule has 0 unspecified atom stereocenters. The zero-order chi connectivity index (χ0) is 10.8. The number of hydrogen-bond donors (Lipinski definition) is 1. The second kappa shape index (κ2) is 3.99. The summed E-state index contributed by atoms with van der Waals surface area (Å²) in [5.41, 5.74) is 3.15. The zero-order valence-electron chi connectivity index (χ0n) is 9.07. The van der Waals surface area contributed by atoms with Crippen molar-refractivity contribution in [2.24, 2.45) is 0 Å².